The number of hydrogen-bond donors (Lipinski definition) is 0. The van der Waals surface area contributed by atoms with E-state index in [2.05, 4.69) is 18.9 Å². The fourth-order valence-corrected chi connectivity index (χ4v) is 1.72. The molecule has 17 heavy (non-hydrogen) atoms. The number of rotatable bonds is 7. The van der Waals surface area contributed by atoms with Crippen LogP contribution < -0.4 is 0 Å². The van der Waals surface area contributed by atoms with Gasteiger partial charge in [-0.25, -0.2) is 0 Å². The van der Waals surface area contributed by atoms with Crippen molar-refractivity contribution in [2.75, 3.05) is 20.1 Å². The molecule has 0 spiro atoms. The van der Waals surface area contributed by atoms with E-state index < -0.39 is 0 Å². The zero-order chi connectivity index (χ0) is 12.7. The summed E-state index contributed by atoms with van der Waals surface area (Å²) in [6.45, 7) is 6.16. The minimum atomic E-state index is 0.244. The molecular weight excluding hydrogens is 210 g/mol. The quantitative estimate of drug-likeness (QED) is 0.673. The topological polar surface area (TPSA) is 20.3 Å². The fourth-order valence-electron chi connectivity index (χ4n) is 1.72. The zero-order valence-corrected chi connectivity index (χ0v) is 11.2. The van der Waals surface area contributed by atoms with Gasteiger partial charge in [-0.3, -0.25) is 4.79 Å². The highest BCUT2D eigenvalue weighted by atomic mass is 16.1. The second-order valence-corrected chi connectivity index (χ2v) is 4.70. The van der Waals surface area contributed by atoms with E-state index in [1.807, 2.05) is 31.2 Å². The summed E-state index contributed by atoms with van der Waals surface area (Å²) in [6, 6.07) is 7.83. The summed E-state index contributed by atoms with van der Waals surface area (Å²) in [5.41, 5.74) is 2.03. The van der Waals surface area contributed by atoms with Crippen molar-refractivity contribution in [1.82, 2.24) is 4.90 Å². The van der Waals surface area contributed by atoms with Crippen LogP contribution >= 0.6 is 0 Å². The standard InChI is InChI=1S/C15H23NO/c1-4-5-11-16(3)12-10-15(17)14-8-6-13(2)7-9-14/h6-9H,4-5,10-12H2,1-3H3. The lowest BCUT2D eigenvalue weighted by Gasteiger charge is -2.15. The van der Waals surface area contributed by atoms with E-state index in [0.717, 1.165) is 18.7 Å². The van der Waals surface area contributed by atoms with Gasteiger partial charge in [0.25, 0.3) is 0 Å². The molecule has 1 aromatic carbocycles. The highest BCUT2D eigenvalue weighted by molar-refractivity contribution is 5.96. The van der Waals surface area contributed by atoms with Crippen LogP contribution in [0.4, 0.5) is 0 Å². The number of carbonyl (C=O) groups excluding carboxylic acids is 1. The number of Topliss-reactive ketones (excluding diaryl/α,β-unsaturated/α-hetero) is 1. The minimum Gasteiger partial charge on any atom is -0.306 e. The molecule has 0 amide bonds. The van der Waals surface area contributed by atoms with E-state index in [1.165, 1.54) is 18.4 Å². The van der Waals surface area contributed by atoms with E-state index >= 15 is 0 Å². The summed E-state index contributed by atoms with van der Waals surface area (Å²) in [7, 11) is 2.08. The molecule has 0 aliphatic heterocycles. The highest BCUT2D eigenvalue weighted by Gasteiger charge is 2.06. The van der Waals surface area contributed by atoms with Crippen LogP contribution in [0.5, 0.6) is 0 Å². The average molecular weight is 233 g/mol. The molecule has 0 aliphatic carbocycles. The first kappa shape index (κ1) is 13.9. The Morgan fingerprint density at radius 2 is 1.82 bits per heavy atom. The molecule has 0 aromatic heterocycles. The van der Waals surface area contributed by atoms with Crippen molar-refractivity contribution in [3.8, 4) is 0 Å². The first-order valence-electron chi connectivity index (χ1n) is 6.42. The van der Waals surface area contributed by atoms with Crippen LogP contribution in [-0.4, -0.2) is 30.8 Å². The predicted octanol–water partition coefficient (Wildman–Crippen LogP) is 3.30. The first-order valence-corrected chi connectivity index (χ1v) is 6.42. The second-order valence-electron chi connectivity index (χ2n) is 4.70. The Bertz CT molecular complexity index is 342. The maximum atomic E-state index is 11.9. The molecule has 0 fully saturated rings. The molecule has 0 unspecified atom stereocenters. The largest absolute Gasteiger partial charge is 0.306 e. The lowest BCUT2D eigenvalue weighted by molar-refractivity contribution is 0.0969. The van der Waals surface area contributed by atoms with Gasteiger partial charge in [0.2, 0.25) is 0 Å². The van der Waals surface area contributed by atoms with Crippen molar-refractivity contribution in [3.63, 3.8) is 0 Å². The average Bonchev–Trinajstić information content (AvgIpc) is 2.34. The number of aryl methyl sites for hydroxylation is 1. The number of unbranched alkanes of at least 4 members (excludes halogenated alkanes) is 1. The van der Waals surface area contributed by atoms with Gasteiger partial charge in [-0.15, -0.1) is 0 Å². The Kier molecular flexibility index (Phi) is 5.92. The van der Waals surface area contributed by atoms with Crippen LogP contribution in [0.1, 0.15) is 42.1 Å². The zero-order valence-electron chi connectivity index (χ0n) is 11.2. The van der Waals surface area contributed by atoms with Gasteiger partial charge >= 0.3 is 0 Å². The van der Waals surface area contributed by atoms with Crippen LogP contribution in [0.25, 0.3) is 0 Å². The number of hydrogen-bond acceptors (Lipinski definition) is 2. The van der Waals surface area contributed by atoms with Gasteiger partial charge in [0.15, 0.2) is 5.78 Å². The van der Waals surface area contributed by atoms with Gasteiger partial charge in [-0.05, 0) is 26.9 Å². The van der Waals surface area contributed by atoms with Gasteiger partial charge in [0.05, 0.1) is 0 Å². The molecule has 0 N–H and O–H groups in total. The van der Waals surface area contributed by atoms with Crippen LogP contribution in [0.3, 0.4) is 0 Å². The number of benzene rings is 1. The second kappa shape index (κ2) is 7.23. The third-order valence-corrected chi connectivity index (χ3v) is 2.99. The van der Waals surface area contributed by atoms with Crippen molar-refractivity contribution in [2.45, 2.75) is 33.1 Å². The summed E-state index contributed by atoms with van der Waals surface area (Å²) in [5.74, 6) is 0.244. The Morgan fingerprint density at radius 3 is 2.41 bits per heavy atom. The predicted molar refractivity (Wildman–Crippen MR) is 72.5 cm³/mol. The summed E-state index contributed by atoms with van der Waals surface area (Å²) in [6.07, 6.45) is 3.02. The molecule has 1 rings (SSSR count). The van der Waals surface area contributed by atoms with Crippen molar-refractivity contribution < 1.29 is 4.79 Å². The van der Waals surface area contributed by atoms with E-state index in [1.54, 1.807) is 0 Å². The molecule has 2 nitrogen and oxygen atoms in total. The first-order chi connectivity index (χ1) is 8.13. The van der Waals surface area contributed by atoms with Crippen LogP contribution in [-0.2, 0) is 0 Å². The monoisotopic (exact) mass is 233 g/mol. The summed E-state index contributed by atoms with van der Waals surface area (Å²) >= 11 is 0. The van der Waals surface area contributed by atoms with Gasteiger partial charge in [0, 0.05) is 18.5 Å². The molecule has 0 saturated heterocycles. The Morgan fingerprint density at radius 1 is 1.18 bits per heavy atom. The summed E-state index contributed by atoms with van der Waals surface area (Å²) in [5, 5.41) is 0. The maximum Gasteiger partial charge on any atom is 0.164 e. The van der Waals surface area contributed by atoms with Crippen LogP contribution in [0, 0.1) is 6.92 Å². The molecule has 0 bridgehead atoms. The Labute approximate surface area is 105 Å². The highest BCUT2D eigenvalue weighted by Crippen LogP contribution is 2.06. The van der Waals surface area contributed by atoms with Gasteiger partial charge in [0.1, 0.15) is 0 Å². The molecule has 0 heterocycles. The van der Waals surface area contributed by atoms with Gasteiger partial charge < -0.3 is 4.90 Å². The number of nitrogens with zero attached hydrogens (tertiary/aromatic N) is 1. The van der Waals surface area contributed by atoms with E-state index in [0.29, 0.717) is 6.42 Å². The summed E-state index contributed by atoms with van der Waals surface area (Å²) in [4.78, 5) is 14.1. The van der Waals surface area contributed by atoms with E-state index in [4.69, 9.17) is 0 Å². The Balaban J connectivity index is 2.36. The van der Waals surface area contributed by atoms with Gasteiger partial charge in [-0.2, -0.15) is 0 Å². The molecule has 0 radical (unpaired) electrons. The van der Waals surface area contributed by atoms with Crippen molar-refractivity contribution in [3.05, 3.63) is 35.4 Å². The van der Waals surface area contributed by atoms with Crippen LogP contribution in [0.2, 0.25) is 0 Å². The number of carbonyl (C=O) groups is 1. The molecule has 1 aromatic rings. The molecule has 0 atom stereocenters. The lowest BCUT2D eigenvalue weighted by atomic mass is 10.1. The smallest absolute Gasteiger partial charge is 0.164 e. The van der Waals surface area contributed by atoms with Gasteiger partial charge in [-0.1, -0.05) is 43.2 Å². The summed E-state index contributed by atoms with van der Waals surface area (Å²) < 4.78 is 0. The normalized spacial score (nSPS) is 10.8. The Hall–Kier alpha value is -1.15. The molecule has 2 heteroatoms. The lowest BCUT2D eigenvalue weighted by Crippen LogP contribution is -2.22. The third kappa shape index (κ3) is 5.14. The van der Waals surface area contributed by atoms with Crippen molar-refractivity contribution in [2.24, 2.45) is 0 Å². The molecule has 0 saturated carbocycles. The van der Waals surface area contributed by atoms with Crippen molar-refractivity contribution >= 4 is 5.78 Å². The van der Waals surface area contributed by atoms with Crippen LogP contribution in [0.15, 0.2) is 24.3 Å². The molecule has 94 valence electrons. The van der Waals surface area contributed by atoms with E-state index in [-0.39, 0.29) is 5.78 Å². The van der Waals surface area contributed by atoms with E-state index in [9.17, 15) is 4.79 Å². The third-order valence-electron chi connectivity index (χ3n) is 2.99. The molecular formula is C15H23NO. The minimum absolute atomic E-state index is 0.244. The molecule has 0 aliphatic rings. The maximum absolute atomic E-state index is 11.9. The van der Waals surface area contributed by atoms with Crippen molar-refractivity contribution in [1.29, 1.82) is 0 Å². The fraction of sp³-hybridized carbons (Fsp3) is 0.533. The SMILES string of the molecule is CCCCN(C)CCC(=O)c1ccc(C)cc1. The number of ketones is 1.